The van der Waals surface area contributed by atoms with Crippen LogP contribution in [0.4, 0.5) is 0 Å². The van der Waals surface area contributed by atoms with Gasteiger partial charge in [-0.25, -0.2) is 0 Å². The molecule has 1 aromatic carbocycles. The monoisotopic (exact) mass is 269 g/mol. The van der Waals surface area contributed by atoms with E-state index in [1.165, 1.54) is 35.0 Å². The van der Waals surface area contributed by atoms with Crippen LogP contribution in [0.2, 0.25) is 0 Å². The second-order valence-corrected chi connectivity index (χ2v) is 5.55. The minimum Gasteiger partial charge on any atom is -0.314 e. The third kappa shape index (κ3) is 3.00. The van der Waals surface area contributed by atoms with E-state index in [1.807, 2.05) is 12.4 Å². The van der Waals surface area contributed by atoms with Gasteiger partial charge in [-0.05, 0) is 35.4 Å². The number of pyridine rings is 1. The maximum Gasteiger partial charge on any atom is 0.0346 e. The fraction of sp³-hybridized carbons (Fsp3) is 0.471. The molecule has 0 radical (unpaired) electrons. The van der Waals surface area contributed by atoms with Gasteiger partial charge in [-0.3, -0.25) is 4.98 Å². The van der Waals surface area contributed by atoms with Crippen molar-refractivity contribution in [1.29, 1.82) is 0 Å². The standard InChI is InChI=1S/C17H23N3/c1-2-15-12-19-13-16-11-14(3-4-17(15)16)5-8-20-9-6-18-7-10-20/h3-4,11-13,18H,2,5-10H2,1H3. The smallest absolute Gasteiger partial charge is 0.0346 e. The summed E-state index contributed by atoms with van der Waals surface area (Å²) in [6.07, 6.45) is 6.16. The van der Waals surface area contributed by atoms with E-state index in [9.17, 15) is 0 Å². The fourth-order valence-corrected chi connectivity index (χ4v) is 2.95. The van der Waals surface area contributed by atoms with Gasteiger partial charge in [-0.15, -0.1) is 0 Å². The first-order valence-electron chi connectivity index (χ1n) is 7.65. The summed E-state index contributed by atoms with van der Waals surface area (Å²) in [6, 6.07) is 6.86. The maximum absolute atomic E-state index is 4.36. The van der Waals surface area contributed by atoms with Crippen LogP contribution in [0.25, 0.3) is 10.8 Å². The SMILES string of the molecule is CCc1cncc2cc(CCN3CCNCC3)ccc12. The molecule has 20 heavy (non-hydrogen) atoms. The third-order valence-corrected chi connectivity index (χ3v) is 4.21. The van der Waals surface area contributed by atoms with Gasteiger partial charge in [0.25, 0.3) is 0 Å². The minimum atomic E-state index is 1.05. The van der Waals surface area contributed by atoms with Gasteiger partial charge < -0.3 is 10.2 Å². The second-order valence-electron chi connectivity index (χ2n) is 5.55. The highest BCUT2D eigenvalue weighted by molar-refractivity contribution is 5.85. The number of hydrogen-bond acceptors (Lipinski definition) is 3. The number of rotatable bonds is 4. The van der Waals surface area contributed by atoms with Crippen LogP contribution in [-0.2, 0) is 12.8 Å². The molecule has 0 saturated carbocycles. The van der Waals surface area contributed by atoms with Gasteiger partial charge >= 0.3 is 0 Å². The van der Waals surface area contributed by atoms with Crippen molar-refractivity contribution in [1.82, 2.24) is 15.2 Å². The Bertz CT molecular complexity index is 573. The molecule has 1 fully saturated rings. The molecule has 3 nitrogen and oxygen atoms in total. The summed E-state index contributed by atoms with van der Waals surface area (Å²) < 4.78 is 0. The van der Waals surface area contributed by atoms with Crippen LogP contribution in [0.5, 0.6) is 0 Å². The Morgan fingerprint density at radius 3 is 2.85 bits per heavy atom. The van der Waals surface area contributed by atoms with Gasteiger partial charge in [0.2, 0.25) is 0 Å². The first-order valence-corrected chi connectivity index (χ1v) is 7.65. The summed E-state index contributed by atoms with van der Waals surface area (Å²) in [5.41, 5.74) is 2.77. The van der Waals surface area contributed by atoms with Gasteiger partial charge in [0, 0.05) is 50.5 Å². The maximum atomic E-state index is 4.36. The molecule has 2 heterocycles. The molecule has 0 amide bonds. The summed E-state index contributed by atoms with van der Waals surface area (Å²) >= 11 is 0. The van der Waals surface area contributed by atoms with Crippen LogP contribution in [0.1, 0.15) is 18.1 Å². The summed E-state index contributed by atoms with van der Waals surface area (Å²) in [5, 5.41) is 6.03. The van der Waals surface area contributed by atoms with Crippen molar-refractivity contribution >= 4 is 10.8 Å². The first-order chi connectivity index (χ1) is 9.86. The number of hydrogen-bond donors (Lipinski definition) is 1. The Kier molecular flexibility index (Phi) is 4.28. The summed E-state index contributed by atoms with van der Waals surface area (Å²) in [4.78, 5) is 6.90. The van der Waals surface area contributed by atoms with E-state index in [0.29, 0.717) is 0 Å². The molecule has 2 aromatic rings. The van der Waals surface area contributed by atoms with E-state index in [2.05, 4.69) is 40.3 Å². The highest BCUT2D eigenvalue weighted by Gasteiger charge is 2.09. The normalized spacial score (nSPS) is 16.6. The van der Waals surface area contributed by atoms with E-state index < -0.39 is 0 Å². The Morgan fingerprint density at radius 1 is 1.20 bits per heavy atom. The van der Waals surface area contributed by atoms with Crippen molar-refractivity contribution < 1.29 is 0 Å². The van der Waals surface area contributed by atoms with Crippen LogP contribution in [-0.4, -0.2) is 42.6 Å². The molecule has 1 aliphatic heterocycles. The second kappa shape index (κ2) is 6.33. The molecule has 0 spiro atoms. The topological polar surface area (TPSA) is 28.2 Å². The van der Waals surface area contributed by atoms with Gasteiger partial charge in [0.15, 0.2) is 0 Å². The number of aromatic nitrogens is 1. The highest BCUT2D eigenvalue weighted by atomic mass is 15.2. The molecule has 0 bridgehead atoms. The Morgan fingerprint density at radius 2 is 2.05 bits per heavy atom. The molecule has 106 valence electrons. The van der Waals surface area contributed by atoms with E-state index in [0.717, 1.165) is 32.5 Å². The van der Waals surface area contributed by atoms with Crippen molar-refractivity contribution in [2.75, 3.05) is 32.7 Å². The fourth-order valence-electron chi connectivity index (χ4n) is 2.95. The lowest BCUT2D eigenvalue weighted by atomic mass is 10.0. The molecule has 3 heteroatoms. The molecule has 0 unspecified atom stereocenters. The number of nitrogens with zero attached hydrogens (tertiary/aromatic N) is 2. The largest absolute Gasteiger partial charge is 0.314 e. The summed E-state index contributed by atoms with van der Waals surface area (Å²) in [5.74, 6) is 0. The van der Waals surface area contributed by atoms with Crippen LogP contribution >= 0.6 is 0 Å². The summed E-state index contributed by atoms with van der Waals surface area (Å²) in [6.45, 7) is 7.95. The number of nitrogens with one attached hydrogen (secondary N) is 1. The zero-order valence-electron chi connectivity index (χ0n) is 12.2. The molecular weight excluding hydrogens is 246 g/mol. The zero-order valence-corrected chi connectivity index (χ0v) is 12.2. The highest BCUT2D eigenvalue weighted by Crippen LogP contribution is 2.20. The first kappa shape index (κ1) is 13.5. The van der Waals surface area contributed by atoms with Gasteiger partial charge in [-0.2, -0.15) is 0 Å². The minimum absolute atomic E-state index is 1.05. The van der Waals surface area contributed by atoms with Crippen molar-refractivity contribution in [2.45, 2.75) is 19.8 Å². The van der Waals surface area contributed by atoms with Crippen LogP contribution in [0.3, 0.4) is 0 Å². The molecule has 0 aliphatic carbocycles. The van der Waals surface area contributed by atoms with E-state index in [4.69, 9.17) is 0 Å². The average molecular weight is 269 g/mol. The van der Waals surface area contributed by atoms with Crippen molar-refractivity contribution in [3.05, 3.63) is 41.7 Å². The molecular formula is C17H23N3. The van der Waals surface area contributed by atoms with E-state index in [1.54, 1.807) is 0 Å². The molecule has 1 N–H and O–H groups in total. The number of aryl methyl sites for hydroxylation is 1. The molecule has 1 aliphatic rings. The average Bonchev–Trinajstić information content (AvgIpc) is 2.53. The predicted octanol–water partition coefficient (Wildman–Crippen LogP) is 2.24. The Hall–Kier alpha value is -1.45. The Labute approximate surface area is 121 Å². The predicted molar refractivity (Wildman–Crippen MR) is 84.1 cm³/mol. The van der Waals surface area contributed by atoms with Crippen molar-refractivity contribution in [2.24, 2.45) is 0 Å². The van der Waals surface area contributed by atoms with Gasteiger partial charge in [0.1, 0.15) is 0 Å². The van der Waals surface area contributed by atoms with E-state index >= 15 is 0 Å². The lowest BCUT2D eigenvalue weighted by molar-refractivity contribution is 0.244. The number of benzene rings is 1. The zero-order chi connectivity index (χ0) is 13.8. The van der Waals surface area contributed by atoms with Crippen LogP contribution < -0.4 is 5.32 Å². The van der Waals surface area contributed by atoms with Gasteiger partial charge in [-0.1, -0.05) is 19.1 Å². The lowest BCUT2D eigenvalue weighted by Gasteiger charge is -2.27. The molecule has 0 atom stereocenters. The Balaban J connectivity index is 1.72. The number of fused-ring (bicyclic) bond motifs is 1. The van der Waals surface area contributed by atoms with E-state index in [-0.39, 0.29) is 0 Å². The number of piperazine rings is 1. The van der Waals surface area contributed by atoms with Crippen molar-refractivity contribution in [3.8, 4) is 0 Å². The summed E-state index contributed by atoms with van der Waals surface area (Å²) in [7, 11) is 0. The molecule has 1 aromatic heterocycles. The van der Waals surface area contributed by atoms with Gasteiger partial charge in [0.05, 0.1) is 0 Å². The van der Waals surface area contributed by atoms with Crippen LogP contribution in [0, 0.1) is 0 Å². The third-order valence-electron chi connectivity index (χ3n) is 4.21. The molecule has 1 saturated heterocycles. The quantitative estimate of drug-likeness (QED) is 0.922. The van der Waals surface area contributed by atoms with Crippen molar-refractivity contribution in [3.63, 3.8) is 0 Å². The van der Waals surface area contributed by atoms with Crippen LogP contribution in [0.15, 0.2) is 30.6 Å². The molecule has 3 rings (SSSR count). The lowest BCUT2D eigenvalue weighted by Crippen LogP contribution is -2.44.